The standard InChI is InChI=1S/C15H20FNO4/c1-15(2,3)21-14(20)17-9-11(13(18)19)8-10-4-6-12(16)7-5-10/h4-7,11H,8-9H2,1-3H3,(H,17,20)(H,18,19)/t11-/m0/s1. The monoisotopic (exact) mass is 297 g/mol. The van der Waals surface area contributed by atoms with Crippen molar-refractivity contribution < 1.29 is 23.8 Å². The lowest BCUT2D eigenvalue weighted by molar-refractivity contribution is -0.141. The van der Waals surface area contributed by atoms with Crippen LogP contribution in [0.15, 0.2) is 24.3 Å². The number of halogens is 1. The third-order valence-corrected chi connectivity index (χ3v) is 2.64. The quantitative estimate of drug-likeness (QED) is 0.876. The predicted octanol–water partition coefficient (Wildman–Crippen LogP) is 2.59. The third-order valence-electron chi connectivity index (χ3n) is 2.64. The molecule has 6 heteroatoms. The van der Waals surface area contributed by atoms with Gasteiger partial charge in [-0.15, -0.1) is 0 Å². The first-order chi connectivity index (χ1) is 9.67. The summed E-state index contributed by atoms with van der Waals surface area (Å²) in [6.45, 7) is 5.11. The second kappa shape index (κ2) is 7.06. The fourth-order valence-electron chi connectivity index (χ4n) is 1.67. The van der Waals surface area contributed by atoms with Crippen molar-refractivity contribution in [2.75, 3.05) is 6.54 Å². The number of aliphatic carboxylic acids is 1. The van der Waals surface area contributed by atoms with E-state index in [9.17, 15) is 14.0 Å². The first-order valence-electron chi connectivity index (χ1n) is 6.61. The molecule has 0 unspecified atom stereocenters. The summed E-state index contributed by atoms with van der Waals surface area (Å²) >= 11 is 0. The first kappa shape index (κ1) is 16.9. The zero-order chi connectivity index (χ0) is 16.0. The van der Waals surface area contributed by atoms with Crippen molar-refractivity contribution >= 4 is 12.1 Å². The Balaban J connectivity index is 2.56. The lowest BCUT2D eigenvalue weighted by atomic mass is 9.99. The van der Waals surface area contributed by atoms with Crippen LogP contribution in [0.3, 0.4) is 0 Å². The Bertz CT molecular complexity index is 493. The molecule has 0 saturated heterocycles. The smallest absolute Gasteiger partial charge is 0.407 e. The van der Waals surface area contributed by atoms with Gasteiger partial charge in [0.25, 0.3) is 0 Å². The maximum absolute atomic E-state index is 12.8. The number of nitrogens with one attached hydrogen (secondary N) is 1. The highest BCUT2D eigenvalue weighted by atomic mass is 19.1. The Labute approximate surface area is 123 Å². The van der Waals surface area contributed by atoms with E-state index in [-0.39, 0.29) is 18.8 Å². The molecule has 5 nitrogen and oxygen atoms in total. The van der Waals surface area contributed by atoms with Gasteiger partial charge in [-0.25, -0.2) is 9.18 Å². The molecule has 0 spiro atoms. The molecule has 0 aromatic heterocycles. The van der Waals surface area contributed by atoms with Gasteiger partial charge in [0, 0.05) is 6.54 Å². The van der Waals surface area contributed by atoms with Gasteiger partial charge in [0.2, 0.25) is 0 Å². The van der Waals surface area contributed by atoms with Crippen molar-refractivity contribution in [3.8, 4) is 0 Å². The fraction of sp³-hybridized carbons (Fsp3) is 0.467. The number of carbonyl (C=O) groups is 2. The molecule has 1 aromatic carbocycles. The number of carboxylic acid groups (broad SMARTS) is 1. The lowest BCUT2D eigenvalue weighted by Crippen LogP contribution is -2.37. The number of alkyl carbamates (subject to hydrolysis) is 1. The van der Waals surface area contributed by atoms with E-state index in [2.05, 4.69) is 5.32 Å². The van der Waals surface area contributed by atoms with Gasteiger partial charge in [-0.2, -0.15) is 0 Å². The van der Waals surface area contributed by atoms with Crippen LogP contribution in [0.2, 0.25) is 0 Å². The van der Waals surface area contributed by atoms with Crippen LogP contribution in [0.4, 0.5) is 9.18 Å². The summed E-state index contributed by atoms with van der Waals surface area (Å²) in [5.74, 6) is -2.21. The number of rotatable bonds is 5. The van der Waals surface area contributed by atoms with Crippen LogP contribution >= 0.6 is 0 Å². The molecule has 1 aromatic rings. The third kappa shape index (κ3) is 6.74. The van der Waals surface area contributed by atoms with Crippen LogP contribution in [0, 0.1) is 11.7 Å². The molecule has 0 radical (unpaired) electrons. The van der Waals surface area contributed by atoms with E-state index in [0.717, 1.165) is 0 Å². The normalized spacial score (nSPS) is 12.6. The minimum Gasteiger partial charge on any atom is -0.481 e. The molecule has 1 rings (SSSR count). The Hall–Kier alpha value is -2.11. The van der Waals surface area contributed by atoms with E-state index in [4.69, 9.17) is 9.84 Å². The van der Waals surface area contributed by atoms with Crippen LogP contribution in [-0.2, 0) is 16.0 Å². The number of carboxylic acids is 1. The van der Waals surface area contributed by atoms with Gasteiger partial charge in [-0.05, 0) is 44.9 Å². The Morgan fingerprint density at radius 2 is 1.86 bits per heavy atom. The van der Waals surface area contributed by atoms with Crippen LogP contribution in [0.25, 0.3) is 0 Å². The number of ether oxygens (including phenoxy) is 1. The van der Waals surface area contributed by atoms with E-state index < -0.39 is 23.6 Å². The van der Waals surface area contributed by atoms with Crippen LogP contribution < -0.4 is 5.32 Å². The van der Waals surface area contributed by atoms with Gasteiger partial charge < -0.3 is 15.2 Å². The minimum atomic E-state index is -1.03. The van der Waals surface area contributed by atoms with Crippen LogP contribution in [0.5, 0.6) is 0 Å². The SMILES string of the molecule is CC(C)(C)OC(=O)NC[C@H](Cc1ccc(F)cc1)C(=O)O. The van der Waals surface area contributed by atoms with Gasteiger partial charge in [0.15, 0.2) is 0 Å². The molecule has 21 heavy (non-hydrogen) atoms. The molecular formula is C15H20FNO4. The highest BCUT2D eigenvalue weighted by Crippen LogP contribution is 2.11. The molecule has 0 saturated carbocycles. The molecule has 1 atom stereocenters. The number of amides is 1. The van der Waals surface area contributed by atoms with Crippen molar-refractivity contribution in [3.05, 3.63) is 35.6 Å². The number of hydrogen-bond donors (Lipinski definition) is 2. The van der Waals surface area contributed by atoms with Crippen LogP contribution in [-0.4, -0.2) is 29.3 Å². The van der Waals surface area contributed by atoms with Gasteiger partial charge >= 0.3 is 12.1 Å². The fourth-order valence-corrected chi connectivity index (χ4v) is 1.67. The summed E-state index contributed by atoms with van der Waals surface area (Å²) in [5, 5.41) is 11.6. The topological polar surface area (TPSA) is 75.6 Å². The largest absolute Gasteiger partial charge is 0.481 e. The first-order valence-corrected chi connectivity index (χ1v) is 6.61. The number of hydrogen-bond acceptors (Lipinski definition) is 3. The molecular weight excluding hydrogens is 277 g/mol. The highest BCUT2D eigenvalue weighted by molar-refractivity contribution is 5.73. The van der Waals surface area contributed by atoms with Crippen molar-refractivity contribution in [1.82, 2.24) is 5.32 Å². The minimum absolute atomic E-state index is 0.0539. The average molecular weight is 297 g/mol. The number of carbonyl (C=O) groups excluding carboxylic acids is 1. The molecule has 2 N–H and O–H groups in total. The Morgan fingerprint density at radius 1 is 1.29 bits per heavy atom. The van der Waals surface area contributed by atoms with Crippen molar-refractivity contribution in [2.24, 2.45) is 5.92 Å². The van der Waals surface area contributed by atoms with E-state index in [0.29, 0.717) is 5.56 Å². The molecule has 0 aliphatic carbocycles. The number of benzene rings is 1. The predicted molar refractivity (Wildman–Crippen MR) is 75.5 cm³/mol. The van der Waals surface area contributed by atoms with Crippen LogP contribution in [0.1, 0.15) is 26.3 Å². The molecule has 0 aliphatic heterocycles. The summed E-state index contributed by atoms with van der Waals surface area (Å²) in [4.78, 5) is 22.7. The summed E-state index contributed by atoms with van der Waals surface area (Å²) in [6.07, 6.45) is -0.460. The summed E-state index contributed by atoms with van der Waals surface area (Å²) < 4.78 is 17.8. The maximum atomic E-state index is 12.8. The van der Waals surface area contributed by atoms with Crippen molar-refractivity contribution in [3.63, 3.8) is 0 Å². The summed E-state index contributed by atoms with van der Waals surface area (Å²) in [7, 11) is 0. The van der Waals surface area contributed by atoms with Gasteiger partial charge in [-0.1, -0.05) is 12.1 Å². The molecule has 0 fully saturated rings. The summed E-state index contributed by atoms with van der Waals surface area (Å²) in [5.41, 5.74) is 0.0505. The zero-order valence-corrected chi connectivity index (χ0v) is 12.4. The maximum Gasteiger partial charge on any atom is 0.407 e. The molecule has 0 heterocycles. The molecule has 0 aliphatic rings. The van der Waals surface area contributed by atoms with Crippen molar-refractivity contribution in [1.29, 1.82) is 0 Å². The Kier molecular flexibility index (Phi) is 5.69. The lowest BCUT2D eigenvalue weighted by Gasteiger charge is -2.20. The van der Waals surface area contributed by atoms with Crippen molar-refractivity contribution in [2.45, 2.75) is 32.8 Å². The Morgan fingerprint density at radius 3 is 2.33 bits per heavy atom. The van der Waals surface area contributed by atoms with E-state index in [1.807, 2.05) is 0 Å². The van der Waals surface area contributed by atoms with E-state index >= 15 is 0 Å². The van der Waals surface area contributed by atoms with E-state index in [1.54, 1.807) is 20.8 Å². The van der Waals surface area contributed by atoms with Gasteiger partial charge in [0.1, 0.15) is 11.4 Å². The highest BCUT2D eigenvalue weighted by Gasteiger charge is 2.21. The zero-order valence-electron chi connectivity index (χ0n) is 12.4. The van der Waals surface area contributed by atoms with E-state index in [1.165, 1.54) is 24.3 Å². The van der Waals surface area contributed by atoms with Gasteiger partial charge in [0.05, 0.1) is 5.92 Å². The average Bonchev–Trinajstić information content (AvgIpc) is 2.34. The molecule has 1 amide bonds. The second-order valence-corrected chi connectivity index (χ2v) is 5.75. The summed E-state index contributed by atoms with van der Waals surface area (Å²) in [6, 6.07) is 5.60. The molecule has 0 bridgehead atoms. The molecule has 116 valence electrons. The second-order valence-electron chi connectivity index (χ2n) is 5.75. The van der Waals surface area contributed by atoms with Gasteiger partial charge in [-0.3, -0.25) is 4.79 Å².